The van der Waals surface area contributed by atoms with Crippen molar-refractivity contribution in [2.45, 2.75) is 13.5 Å². The normalized spacial score (nSPS) is 10.4. The van der Waals surface area contributed by atoms with Crippen molar-refractivity contribution < 1.29 is 13.9 Å². The van der Waals surface area contributed by atoms with Crippen LogP contribution in [0.5, 0.6) is 5.75 Å². The second-order valence-corrected chi connectivity index (χ2v) is 4.03. The van der Waals surface area contributed by atoms with E-state index >= 15 is 0 Å². The molecule has 0 saturated carbocycles. The monoisotopic (exact) mass is 248 g/mol. The second kappa shape index (κ2) is 5.00. The molecule has 94 valence electrons. The minimum atomic E-state index is -0.490. The van der Waals surface area contributed by atoms with E-state index in [1.54, 1.807) is 4.68 Å². The van der Waals surface area contributed by atoms with Crippen LogP contribution in [-0.2, 0) is 13.7 Å². The first-order chi connectivity index (χ1) is 8.58. The molecule has 0 unspecified atom stereocenters. The van der Waals surface area contributed by atoms with Gasteiger partial charge in [-0.1, -0.05) is 0 Å². The van der Waals surface area contributed by atoms with Gasteiger partial charge in [-0.2, -0.15) is 5.10 Å². The molecule has 18 heavy (non-hydrogen) atoms. The molecule has 4 nitrogen and oxygen atoms in total. The van der Waals surface area contributed by atoms with Gasteiger partial charge < -0.3 is 4.74 Å². The molecular formula is C13H13FN2O2. The van der Waals surface area contributed by atoms with Crippen LogP contribution in [-0.4, -0.2) is 16.1 Å². The number of halogens is 1. The summed E-state index contributed by atoms with van der Waals surface area (Å²) in [4.78, 5) is 10.6. The van der Waals surface area contributed by atoms with Gasteiger partial charge in [-0.3, -0.25) is 9.48 Å². The molecule has 1 aromatic carbocycles. The zero-order valence-corrected chi connectivity index (χ0v) is 10.2. The number of carbonyl (C=O) groups is 1. The lowest BCUT2D eigenvalue weighted by Gasteiger charge is -2.07. The Kier molecular flexibility index (Phi) is 3.41. The zero-order chi connectivity index (χ0) is 13.1. The lowest BCUT2D eigenvalue weighted by molar-refractivity contribution is 0.112. The van der Waals surface area contributed by atoms with E-state index in [4.69, 9.17) is 4.74 Å². The highest BCUT2D eigenvalue weighted by atomic mass is 19.1. The number of aldehydes is 1. The van der Waals surface area contributed by atoms with Crippen molar-refractivity contribution >= 4 is 6.29 Å². The average molecular weight is 248 g/mol. The van der Waals surface area contributed by atoms with Gasteiger partial charge in [0.1, 0.15) is 24.5 Å². The van der Waals surface area contributed by atoms with Crippen LogP contribution in [0.1, 0.15) is 21.7 Å². The molecule has 0 aliphatic carbocycles. The topological polar surface area (TPSA) is 44.1 Å². The molecule has 1 heterocycles. The third-order valence-corrected chi connectivity index (χ3v) is 2.52. The maximum absolute atomic E-state index is 13.2. The van der Waals surface area contributed by atoms with Gasteiger partial charge in [-0.25, -0.2) is 4.39 Å². The van der Waals surface area contributed by atoms with Gasteiger partial charge >= 0.3 is 0 Å². The van der Waals surface area contributed by atoms with Crippen LogP contribution in [0.4, 0.5) is 4.39 Å². The van der Waals surface area contributed by atoms with Crippen LogP contribution in [0.2, 0.25) is 0 Å². The molecule has 0 amide bonds. The molecule has 0 bridgehead atoms. The Bertz CT molecular complexity index is 578. The predicted molar refractivity (Wildman–Crippen MR) is 64.1 cm³/mol. The third kappa shape index (κ3) is 2.74. The fraction of sp³-hybridized carbons (Fsp3) is 0.231. The summed E-state index contributed by atoms with van der Waals surface area (Å²) in [6, 6.07) is 5.80. The van der Waals surface area contributed by atoms with Crippen molar-refractivity contribution in [2.75, 3.05) is 0 Å². The summed E-state index contributed by atoms with van der Waals surface area (Å²) in [7, 11) is 1.81. The number of nitrogens with zero attached hydrogens (tertiary/aromatic N) is 2. The second-order valence-electron chi connectivity index (χ2n) is 4.03. The molecule has 0 atom stereocenters. The smallest absolute Gasteiger partial charge is 0.150 e. The maximum Gasteiger partial charge on any atom is 0.150 e. The van der Waals surface area contributed by atoms with Crippen molar-refractivity contribution in [3.63, 3.8) is 0 Å². The van der Waals surface area contributed by atoms with E-state index in [1.165, 1.54) is 12.1 Å². The molecule has 0 N–H and O–H groups in total. The van der Waals surface area contributed by atoms with Gasteiger partial charge in [-0.15, -0.1) is 0 Å². The van der Waals surface area contributed by atoms with E-state index in [-0.39, 0.29) is 12.2 Å². The van der Waals surface area contributed by atoms with Gasteiger partial charge in [0.25, 0.3) is 0 Å². The van der Waals surface area contributed by atoms with Crippen LogP contribution in [0, 0.1) is 12.7 Å². The molecule has 2 rings (SSSR count). The van der Waals surface area contributed by atoms with Gasteiger partial charge in [-0.05, 0) is 25.1 Å². The van der Waals surface area contributed by atoms with Crippen LogP contribution in [0.25, 0.3) is 0 Å². The summed E-state index contributed by atoms with van der Waals surface area (Å²) in [5.74, 6) is -0.160. The van der Waals surface area contributed by atoms with Crippen LogP contribution < -0.4 is 4.74 Å². The van der Waals surface area contributed by atoms with Crippen molar-refractivity contribution in [1.82, 2.24) is 9.78 Å². The molecule has 0 fully saturated rings. The van der Waals surface area contributed by atoms with E-state index in [0.717, 1.165) is 17.5 Å². The van der Waals surface area contributed by atoms with E-state index in [0.29, 0.717) is 12.0 Å². The van der Waals surface area contributed by atoms with E-state index < -0.39 is 5.82 Å². The predicted octanol–water partition coefficient (Wildman–Crippen LogP) is 2.26. The molecule has 5 heteroatoms. The lowest BCUT2D eigenvalue weighted by atomic mass is 10.2. The Hall–Kier alpha value is -2.17. The molecule has 1 aromatic heterocycles. The van der Waals surface area contributed by atoms with Gasteiger partial charge in [0.05, 0.1) is 11.4 Å². The van der Waals surface area contributed by atoms with Crippen LogP contribution >= 0.6 is 0 Å². The number of benzene rings is 1. The Morgan fingerprint density at radius 1 is 1.39 bits per heavy atom. The standard InChI is InChI=1S/C13H13FN2O2/c1-9-3-12(16(2)15-9)8-18-13-5-10(7-17)4-11(14)6-13/h3-7H,8H2,1-2H3. The first-order valence-electron chi connectivity index (χ1n) is 5.46. The molecule has 2 aromatic rings. The number of ether oxygens (including phenoxy) is 1. The third-order valence-electron chi connectivity index (χ3n) is 2.52. The van der Waals surface area contributed by atoms with Crippen molar-refractivity contribution in [3.8, 4) is 5.75 Å². The van der Waals surface area contributed by atoms with Crippen LogP contribution in [0.3, 0.4) is 0 Å². The van der Waals surface area contributed by atoms with E-state index in [9.17, 15) is 9.18 Å². The molecular weight excluding hydrogens is 235 g/mol. The number of aryl methyl sites for hydroxylation is 2. The Morgan fingerprint density at radius 2 is 2.17 bits per heavy atom. The number of rotatable bonds is 4. The SMILES string of the molecule is Cc1cc(COc2cc(F)cc(C=O)c2)n(C)n1. The van der Waals surface area contributed by atoms with E-state index in [1.807, 2.05) is 20.0 Å². The minimum Gasteiger partial charge on any atom is -0.487 e. The highest BCUT2D eigenvalue weighted by molar-refractivity contribution is 5.75. The highest BCUT2D eigenvalue weighted by Gasteiger charge is 2.05. The van der Waals surface area contributed by atoms with Crippen molar-refractivity contribution in [3.05, 3.63) is 47.0 Å². The molecule has 0 spiro atoms. The zero-order valence-electron chi connectivity index (χ0n) is 10.2. The minimum absolute atomic E-state index is 0.256. The quantitative estimate of drug-likeness (QED) is 0.779. The number of aromatic nitrogens is 2. The molecule has 0 saturated heterocycles. The van der Waals surface area contributed by atoms with Crippen LogP contribution in [0.15, 0.2) is 24.3 Å². The van der Waals surface area contributed by atoms with Gasteiger partial charge in [0, 0.05) is 18.7 Å². The van der Waals surface area contributed by atoms with Crippen molar-refractivity contribution in [1.29, 1.82) is 0 Å². The fourth-order valence-corrected chi connectivity index (χ4v) is 1.69. The largest absolute Gasteiger partial charge is 0.487 e. The number of hydrogen-bond donors (Lipinski definition) is 0. The summed E-state index contributed by atoms with van der Waals surface area (Å²) in [6.07, 6.45) is 0.587. The molecule has 0 radical (unpaired) electrons. The summed E-state index contributed by atoms with van der Waals surface area (Å²) < 4.78 is 20.3. The van der Waals surface area contributed by atoms with Gasteiger partial charge in [0.2, 0.25) is 0 Å². The number of carbonyl (C=O) groups excluding carboxylic acids is 1. The first kappa shape index (κ1) is 12.3. The number of hydrogen-bond acceptors (Lipinski definition) is 3. The summed E-state index contributed by atoms with van der Waals surface area (Å²) in [5, 5.41) is 4.18. The Labute approximate surface area is 104 Å². The maximum atomic E-state index is 13.2. The highest BCUT2D eigenvalue weighted by Crippen LogP contribution is 2.17. The molecule has 0 aliphatic rings. The fourth-order valence-electron chi connectivity index (χ4n) is 1.69. The summed E-state index contributed by atoms with van der Waals surface area (Å²) in [6.45, 7) is 2.16. The Balaban J connectivity index is 2.12. The average Bonchev–Trinajstić information content (AvgIpc) is 2.64. The first-order valence-corrected chi connectivity index (χ1v) is 5.46. The summed E-state index contributed by atoms with van der Waals surface area (Å²) in [5.41, 5.74) is 2.03. The molecule has 0 aliphatic heterocycles. The van der Waals surface area contributed by atoms with Crippen molar-refractivity contribution in [2.24, 2.45) is 7.05 Å². The summed E-state index contributed by atoms with van der Waals surface area (Å²) >= 11 is 0. The van der Waals surface area contributed by atoms with Gasteiger partial charge in [0.15, 0.2) is 0 Å². The lowest BCUT2D eigenvalue weighted by Crippen LogP contribution is -2.03. The Morgan fingerprint density at radius 3 is 2.78 bits per heavy atom. The van der Waals surface area contributed by atoms with E-state index in [2.05, 4.69) is 5.10 Å².